The van der Waals surface area contributed by atoms with Crippen LogP contribution in [0, 0.1) is 0 Å². The predicted molar refractivity (Wildman–Crippen MR) is 69.6 cm³/mol. The van der Waals surface area contributed by atoms with Crippen molar-refractivity contribution in [3.05, 3.63) is 58.1 Å². The van der Waals surface area contributed by atoms with Crippen molar-refractivity contribution in [3.63, 3.8) is 0 Å². The molecule has 0 aliphatic carbocycles. The minimum Gasteiger partial charge on any atom is -0.166 e. The van der Waals surface area contributed by atoms with Gasteiger partial charge in [-0.05, 0) is 29.3 Å². The number of hydrogen-bond donors (Lipinski definition) is 0. The van der Waals surface area contributed by atoms with Crippen molar-refractivity contribution in [1.82, 2.24) is 0 Å². The Morgan fingerprint density at radius 2 is 1.33 bits per heavy atom. The lowest BCUT2D eigenvalue weighted by Gasteiger charge is -2.16. The Bertz CT molecular complexity index is 657. The summed E-state index contributed by atoms with van der Waals surface area (Å²) in [5, 5.41) is 0. The highest BCUT2D eigenvalue weighted by atomic mass is 79.9. The molecule has 0 aliphatic heterocycles. The second-order valence-electron chi connectivity index (χ2n) is 4.24. The molecule has 0 fully saturated rings. The van der Waals surface area contributed by atoms with E-state index in [0.29, 0.717) is 10.5 Å². The van der Waals surface area contributed by atoms with E-state index in [2.05, 4.69) is 15.9 Å². The molecule has 0 aliphatic rings. The maximum absolute atomic E-state index is 13.1. The second-order valence-corrected chi connectivity index (χ2v) is 5.09. The van der Waals surface area contributed by atoms with E-state index in [-0.39, 0.29) is 17.2 Å². The van der Waals surface area contributed by atoms with E-state index in [4.69, 9.17) is 0 Å². The van der Waals surface area contributed by atoms with Gasteiger partial charge in [-0.3, -0.25) is 0 Å². The van der Waals surface area contributed by atoms with Crippen LogP contribution in [-0.2, 0) is 12.4 Å². The molecule has 21 heavy (non-hydrogen) atoms. The molecular formula is C14H7BrF6. The van der Waals surface area contributed by atoms with Gasteiger partial charge in [-0.15, -0.1) is 0 Å². The average Bonchev–Trinajstić information content (AvgIpc) is 2.36. The minimum absolute atomic E-state index is 0.134. The molecule has 112 valence electrons. The van der Waals surface area contributed by atoms with Gasteiger partial charge in [0.05, 0.1) is 11.1 Å². The molecule has 0 nitrogen and oxygen atoms in total. The summed E-state index contributed by atoms with van der Waals surface area (Å²) in [6, 6.07) is 7.66. The highest BCUT2D eigenvalue weighted by Crippen LogP contribution is 2.42. The van der Waals surface area contributed by atoms with Gasteiger partial charge in [-0.25, -0.2) is 0 Å². The van der Waals surface area contributed by atoms with Gasteiger partial charge in [0, 0.05) is 4.47 Å². The Kier molecular flexibility index (Phi) is 4.06. The molecule has 0 heterocycles. The van der Waals surface area contributed by atoms with Crippen LogP contribution in [0.1, 0.15) is 11.1 Å². The number of rotatable bonds is 1. The van der Waals surface area contributed by atoms with Crippen molar-refractivity contribution in [2.75, 3.05) is 0 Å². The zero-order chi connectivity index (χ0) is 15.8. The first-order valence-electron chi connectivity index (χ1n) is 5.64. The Labute approximate surface area is 124 Å². The fourth-order valence-corrected chi connectivity index (χ4v) is 2.37. The van der Waals surface area contributed by atoms with Crippen LogP contribution in [0.25, 0.3) is 11.1 Å². The minimum atomic E-state index is -4.88. The molecule has 7 heteroatoms. The third-order valence-electron chi connectivity index (χ3n) is 2.82. The Hall–Kier alpha value is -1.50. The molecule has 0 amide bonds. The van der Waals surface area contributed by atoms with Gasteiger partial charge in [0.25, 0.3) is 0 Å². The lowest BCUT2D eigenvalue weighted by atomic mass is 9.97. The van der Waals surface area contributed by atoms with Crippen LogP contribution in [0.5, 0.6) is 0 Å². The first-order valence-corrected chi connectivity index (χ1v) is 6.43. The molecule has 0 atom stereocenters. The zero-order valence-corrected chi connectivity index (χ0v) is 11.8. The molecule has 0 saturated heterocycles. The number of halogens is 7. The Balaban J connectivity index is 2.70. The van der Waals surface area contributed by atoms with Gasteiger partial charge >= 0.3 is 12.4 Å². The standard InChI is InChI=1S/C14H7BrF6/c15-12-4-2-1-3-10(12)9-6-5-8(13(16,17)18)7-11(9)14(19,20)21/h1-7H. The lowest BCUT2D eigenvalue weighted by Crippen LogP contribution is -2.12. The third kappa shape index (κ3) is 3.40. The molecular weight excluding hydrogens is 362 g/mol. The largest absolute Gasteiger partial charge is 0.417 e. The monoisotopic (exact) mass is 368 g/mol. The Morgan fingerprint density at radius 3 is 1.86 bits per heavy atom. The van der Waals surface area contributed by atoms with E-state index < -0.39 is 23.5 Å². The van der Waals surface area contributed by atoms with E-state index >= 15 is 0 Å². The summed E-state index contributed by atoms with van der Waals surface area (Å²) in [6.07, 6.45) is -9.71. The van der Waals surface area contributed by atoms with Crippen molar-refractivity contribution in [2.24, 2.45) is 0 Å². The van der Waals surface area contributed by atoms with Crippen LogP contribution in [0.2, 0.25) is 0 Å². The van der Waals surface area contributed by atoms with E-state index in [1.54, 1.807) is 6.07 Å². The molecule has 0 unspecified atom stereocenters. The normalized spacial score (nSPS) is 12.5. The SMILES string of the molecule is FC(F)(F)c1ccc(-c2ccccc2Br)c(C(F)(F)F)c1. The fraction of sp³-hybridized carbons (Fsp3) is 0.143. The smallest absolute Gasteiger partial charge is 0.166 e. The van der Waals surface area contributed by atoms with Crippen LogP contribution in [0.3, 0.4) is 0 Å². The third-order valence-corrected chi connectivity index (χ3v) is 3.51. The molecule has 0 spiro atoms. The summed E-state index contributed by atoms with van der Waals surface area (Å²) < 4.78 is 77.3. The van der Waals surface area contributed by atoms with Gasteiger partial charge in [-0.2, -0.15) is 26.3 Å². The van der Waals surface area contributed by atoms with Gasteiger partial charge in [0.15, 0.2) is 0 Å². The summed E-state index contributed by atoms with van der Waals surface area (Å²) >= 11 is 3.10. The summed E-state index contributed by atoms with van der Waals surface area (Å²) in [7, 11) is 0. The van der Waals surface area contributed by atoms with Crippen LogP contribution in [-0.4, -0.2) is 0 Å². The zero-order valence-electron chi connectivity index (χ0n) is 10.2. The summed E-state index contributed by atoms with van der Waals surface area (Å²) in [6.45, 7) is 0. The van der Waals surface area contributed by atoms with E-state index in [0.717, 1.165) is 6.07 Å². The first kappa shape index (κ1) is 15.9. The van der Waals surface area contributed by atoms with Crippen LogP contribution in [0.4, 0.5) is 26.3 Å². The summed E-state index contributed by atoms with van der Waals surface area (Å²) in [5.74, 6) is 0. The predicted octanol–water partition coefficient (Wildman–Crippen LogP) is 6.15. The molecule has 0 aromatic heterocycles. The number of benzene rings is 2. The maximum atomic E-state index is 13.1. The summed E-state index contributed by atoms with van der Waals surface area (Å²) in [5.41, 5.74) is -2.77. The molecule has 2 aromatic carbocycles. The molecule has 0 bridgehead atoms. The number of hydrogen-bond acceptors (Lipinski definition) is 0. The summed E-state index contributed by atoms with van der Waals surface area (Å²) in [4.78, 5) is 0. The highest BCUT2D eigenvalue weighted by molar-refractivity contribution is 9.10. The van der Waals surface area contributed by atoms with Gasteiger partial charge in [0.2, 0.25) is 0 Å². The fourth-order valence-electron chi connectivity index (χ4n) is 1.87. The first-order chi connectivity index (χ1) is 9.60. The van der Waals surface area contributed by atoms with Gasteiger partial charge in [-0.1, -0.05) is 40.2 Å². The van der Waals surface area contributed by atoms with E-state index in [1.807, 2.05) is 0 Å². The average molecular weight is 369 g/mol. The van der Waals surface area contributed by atoms with Crippen molar-refractivity contribution in [2.45, 2.75) is 12.4 Å². The van der Waals surface area contributed by atoms with Crippen molar-refractivity contribution < 1.29 is 26.3 Å². The van der Waals surface area contributed by atoms with Crippen LogP contribution in [0.15, 0.2) is 46.9 Å². The molecule has 0 radical (unpaired) electrons. The molecule has 0 saturated carbocycles. The van der Waals surface area contributed by atoms with Crippen molar-refractivity contribution in [1.29, 1.82) is 0 Å². The van der Waals surface area contributed by atoms with E-state index in [1.165, 1.54) is 18.2 Å². The van der Waals surface area contributed by atoms with Gasteiger partial charge in [0.1, 0.15) is 0 Å². The molecule has 2 rings (SSSR count). The molecule has 2 aromatic rings. The quantitative estimate of drug-likeness (QED) is 0.529. The van der Waals surface area contributed by atoms with Gasteiger partial charge < -0.3 is 0 Å². The van der Waals surface area contributed by atoms with Crippen molar-refractivity contribution >= 4 is 15.9 Å². The van der Waals surface area contributed by atoms with Crippen LogP contribution < -0.4 is 0 Å². The molecule has 0 N–H and O–H groups in total. The Morgan fingerprint density at radius 1 is 0.714 bits per heavy atom. The van der Waals surface area contributed by atoms with Crippen molar-refractivity contribution in [3.8, 4) is 11.1 Å². The second kappa shape index (κ2) is 5.36. The topological polar surface area (TPSA) is 0 Å². The maximum Gasteiger partial charge on any atom is 0.417 e. The lowest BCUT2D eigenvalue weighted by molar-refractivity contribution is -0.142. The number of alkyl halides is 6. The highest BCUT2D eigenvalue weighted by Gasteiger charge is 2.38. The van der Waals surface area contributed by atoms with Crippen LogP contribution >= 0.6 is 15.9 Å². The van der Waals surface area contributed by atoms with E-state index in [9.17, 15) is 26.3 Å².